The lowest BCUT2D eigenvalue weighted by molar-refractivity contribution is -0.118. The van der Waals surface area contributed by atoms with E-state index in [0.29, 0.717) is 6.54 Å². The van der Waals surface area contributed by atoms with Crippen LogP contribution >= 0.6 is 0 Å². The summed E-state index contributed by atoms with van der Waals surface area (Å²) in [5.74, 6) is -0.680. The number of hydrogen-bond acceptors (Lipinski definition) is 4. The summed E-state index contributed by atoms with van der Waals surface area (Å²) >= 11 is 0. The number of primary amides is 1. The molecule has 106 valence electrons. The second-order valence-corrected chi connectivity index (χ2v) is 6.13. The van der Waals surface area contributed by atoms with E-state index in [-0.39, 0.29) is 18.0 Å². The summed E-state index contributed by atoms with van der Waals surface area (Å²) in [6.45, 7) is 3.66. The molecule has 0 aliphatic heterocycles. The number of nitrogens with two attached hydrogens (primary N) is 2. The fraction of sp³-hybridized carbons (Fsp3) is 0.417. The fourth-order valence-electron chi connectivity index (χ4n) is 1.75. The van der Waals surface area contributed by atoms with Crippen molar-refractivity contribution in [3.8, 4) is 0 Å². The number of nitrogens with zero attached hydrogens (tertiary/aromatic N) is 1. The van der Waals surface area contributed by atoms with E-state index in [0.717, 1.165) is 15.4 Å². The maximum Gasteiger partial charge on any atom is 0.243 e. The molecule has 6 nitrogen and oxygen atoms in total. The molecule has 0 aliphatic rings. The summed E-state index contributed by atoms with van der Waals surface area (Å²) in [7, 11) is -3.70. The summed E-state index contributed by atoms with van der Waals surface area (Å²) in [6.07, 6.45) is 0. The quantitative estimate of drug-likeness (QED) is 0.764. The highest BCUT2D eigenvalue weighted by Gasteiger charge is 2.24. The largest absolute Gasteiger partial charge is 0.369 e. The Balaban J connectivity index is 3.18. The molecule has 7 heteroatoms. The third-order valence-electron chi connectivity index (χ3n) is 2.86. The number of benzene rings is 1. The highest BCUT2D eigenvalue weighted by Crippen LogP contribution is 2.19. The Labute approximate surface area is 113 Å². The van der Waals surface area contributed by atoms with Crippen molar-refractivity contribution in [2.75, 3.05) is 13.1 Å². The van der Waals surface area contributed by atoms with E-state index in [1.165, 1.54) is 6.07 Å². The smallest absolute Gasteiger partial charge is 0.243 e. The second-order valence-electron chi connectivity index (χ2n) is 4.19. The van der Waals surface area contributed by atoms with Crippen molar-refractivity contribution in [3.05, 3.63) is 29.3 Å². The molecule has 0 spiro atoms. The third kappa shape index (κ3) is 3.52. The van der Waals surface area contributed by atoms with Gasteiger partial charge in [0.2, 0.25) is 15.9 Å². The minimum Gasteiger partial charge on any atom is -0.369 e. The van der Waals surface area contributed by atoms with E-state index in [1.54, 1.807) is 26.0 Å². The van der Waals surface area contributed by atoms with E-state index >= 15 is 0 Å². The first kappa shape index (κ1) is 15.6. The lowest BCUT2D eigenvalue weighted by atomic mass is 10.1. The number of likely N-dealkylation sites (N-methyl/N-ethyl adjacent to an activating group) is 1. The first-order chi connectivity index (χ1) is 8.82. The molecule has 0 bridgehead atoms. The zero-order chi connectivity index (χ0) is 14.6. The number of amides is 1. The minimum atomic E-state index is -3.70. The molecular formula is C12H19N3O3S. The summed E-state index contributed by atoms with van der Waals surface area (Å²) in [6, 6.07) is 4.73. The van der Waals surface area contributed by atoms with Crippen molar-refractivity contribution in [2.45, 2.75) is 25.3 Å². The fourth-order valence-corrected chi connectivity index (χ4v) is 3.25. The van der Waals surface area contributed by atoms with Crippen LogP contribution in [-0.4, -0.2) is 31.7 Å². The van der Waals surface area contributed by atoms with Crippen molar-refractivity contribution in [1.82, 2.24) is 4.31 Å². The molecule has 0 saturated carbocycles. The third-order valence-corrected chi connectivity index (χ3v) is 4.77. The average molecular weight is 285 g/mol. The van der Waals surface area contributed by atoms with Gasteiger partial charge in [0.25, 0.3) is 0 Å². The Morgan fingerprint density at radius 1 is 1.37 bits per heavy atom. The van der Waals surface area contributed by atoms with Crippen LogP contribution in [-0.2, 0) is 21.4 Å². The normalized spacial score (nSPS) is 11.8. The predicted octanol–water partition coefficient (Wildman–Crippen LogP) is -0.0504. The van der Waals surface area contributed by atoms with E-state index in [9.17, 15) is 13.2 Å². The lowest BCUT2D eigenvalue weighted by Crippen LogP contribution is -2.38. The topological polar surface area (TPSA) is 106 Å². The van der Waals surface area contributed by atoms with Gasteiger partial charge >= 0.3 is 0 Å². The van der Waals surface area contributed by atoms with E-state index < -0.39 is 15.9 Å². The minimum absolute atomic E-state index is 0.144. The van der Waals surface area contributed by atoms with Gasteiger partial charge in [-0.3, -0.25) is 4.79 Å². The van der Waals surface area contributed by atoms with Crippen LogP contribution in [0.3, 0.4) is 0 Å². The molecular weight excluding hydrogens is 266 g/mol. The molecule has 0 saturated heterocycles. The standard InChI is InChI=1S/C12H19N3O3S/c1-3-15(8-12(14)16)19(17,18)11-5-4-10(7-13)9(2)6-11/h4-6H,3,7-8,13H2,1-2H3,(H2,14,16). The number of sulfonamides is 1. The van der Waals surface area contributed by atoms with Gasteiger partial charge in [-0.15, -0.1) is 0 Å². The summed E-state index contributed by atoms with van der Waals surface area (Å²) in [4.78, 5) is 11.1. The highest BCUT2D eigenvalue weighted by atomic mass is 32.2. The van der Waals surface area contributed by atoms with E-state index in [1.807, 2.05) is 0 Å². The number of rotatable bonds is 6. The predicted molar refractivity (Wildman–Crippen MR) is 72.7 cm³/mol. The summed E-state index contributed by atoms with van der Waals surface area (Å²) < 4.78 is 25.7. The van der Waals surface area contributed by atoms with Gasteiger partial charge in [-0.05, 0) is 30.2 Å². The Hall–Kier alpha value is -1.44. The Morgan fingerprint density at radius 3 is 2.42 bits per heavy atom. The molecule has 0 heterocycles. The van der Waals surface area contributed by atoms with Gasteiger partial charge in [-0.1, -0.05) is 13.0 Å². The van der Waals surface area contributed by atoms with Crippen LogP contribution in [0, 0.1) is 6.92 Å². The van der Waals surface area contributed by atoms with Crippen LogP contribution < -0.4 is 11.5 Å². The Kier molecular flexibility index (Phi) is 5.04. The molecule has 4 N–H and O–H groups in total. The van der Waals surface area contributed by atoms with Gasteiger partial charge in [0.05, 0.1) is 11.4 Å². The first-order valence-electron chi connectivity index (χ1n) is 5.91. The lowest BCUT2D eigenvalue weighted by Gasteiger charge is -2.19. The van der Waals surface area contributed by atoms with Crippen LogP contribution in [0.25, 0.3) is 0 Å². The van der Waals surface area contributed by atoms with Crippen LogP contribution in [0.15, 0.2) is 23.1 Å². The van der Waals surface area contributed by atoms with Crippen molar-refractivity contribution in [1.29, 1.82) is 0 Å². The summed E-state index contributed by atoms with van der Waals surface area (Å²) in [5, 5.41) is 0. The van der Waals surface area contributed by atoms with Crippen molar-refractivity contribution >= 4 is 15.9 Å². The highest BCUT2D eigenvalue weighted by molar-refractivity contribution is 7.89. The summed E-state index contributed by atoms with van der Waals surface area (Å²) in [5.41, 5.74) is 12.3. The van der Waals surface area contributed by atoms with Gasteiger partial charge < -0.3 is 11.5 Å². The molecule has 19 heavy (non-hydrogen) atoms. The van der Waals surface area contributed by atoms with Gasteiger partial charge in [-0.2, -0.15) is 4.31 Å². The van der Waals surface area contributed by atoms with Gasteiger partial charge in [0.1, 0.15) is 0 Å². The molecule has 0 aromatic heterocycles. The molecule has 0 fully saturated rings. The van der Waals surface area contributed by atoms with Crippen molar-refractivity contribution in [3.63, 3.8) is 0 Å². The molecule has 0 aliphatic carbocycles. The van der Waals surface area contributed by atoms with Gasteiger partial charge in [-0.25, -0.2) is 8.42 Å². The van der Waals surface area contributed by atoms with Crippen LogP contribution in [0.5, 0.6) is 0 Å². The molecule has 1 rings (SSSR count). The van der Waals surface area contributed by atoms with Crippen molar-refractivity contribution < 1.29 is 13.2 Å². The van der Waals surface area contributed by atoms with Crippen LogP contribution in [0.2, 0.25) is 0 Å². The SMILES string of the molecule is CCN(CC(N)=O)S(=O)(=O)c1ccc(CN)c(C)c1. The molecule has 0 atom stereocenters. The number of hydrogen-bond donors (Lipinski definition) is 2. The van der Waals surface area contributed by atoms with Gasteiger partial charge in [0, 0.05) is 13.1 Å². The number of carbonyl (C=O) groups is 1. The van der Waals surface area contributed by atoms with E-state index in [2.05, 4.69) is 0 Å². The van der Waals surface area contributed by atoms with Crippen LogP contribution in [0.1, 0.15) is 18.1 Å². The van der Waals surface area contributed by atoms with Gasteiger partial charge in [0.15, 0.2) is 0 Å². The molecule has 1 amide bonds. The van der Waals surface area contributed by atoms with Crippen LogP contribution in [0.4, 0.5) is 0 Å². The molecule has 0 unspecified atom stereocenters. The zero-order valence-corrected chi connectivity index (χ0v) is 11.9. The Bertz CT molecular complexity index is 570. The maximum atomic E-state index is 12.3. The monoisotopic (exact) mass is 285 g/mol. The number of aryl methyl sites for hydroxylation is 1. The maximum absolute atomic E-state index is 12.3. The first-order valence-corrected chi connectivity index (χ1v) is 7.35. The molecule has 1 aromatic carbocycles. The molecule has 1 aromatic rings. The second kappa shape index (κ2) is 6.14. The zero-order valence-electron chi connectivity index (χ0n) is 11.1. The molecule has 0 radical (unpaired) electrons. The Morgan fingerprint density at radius 2 is 2.00 bits per heavy atom. The average Bonchev–Trinajstić information content (AvgIpc) is 2.35. The van der Waals surface area contributed by atoms with Crippen molar-refractivity contribution in [2.24, 2.45) is 11.5 Å². The number of carbonyl (C=O) groups excluding carboxylic acids is 1. The van der Waals surface area contributed by atoms with E-state index in [4.69, 9.17) is 11.5 Å².